The predicted molar refractivity (Wildman–Crippen MR) is 406 cm³/mol. The number of hydrogen-bond acceptors (Lipinski definition) is 13. The molecule has 1 amide bonds. The average molecular weight is 1380 g/mol. The lowest BCUT2D eigenvalue weighted by molar-refractivity contribution is -0.359. The van der Waals surface area contributed by atoms with E-state index in [1.165, 1.54) is 231 Å². The fourth-order valence-electron chi connectivity index (χ4n) is 12.9. The van der Waals surface area contributed by atoms with Gasteiger partial charge in [0.2, 0.25) is 5.91 Å². The second kappa shape index (κ2) is 67.1. The minimum absolute atomic E-state index is 0.246. The van der Waals surface area contributed by atoms with E-state index >= 15 is 0 Å². The summed E-state index contributed by atoms with van der Waals surface area (Å²) in [6.07, 6.45) is 79.2. The maximum Gasteiger partial charge on any atom is 0.220 e. The van der Waals surface area contributed by atoms with Gasteiger partial charge in [0.05, 0.1) is 32.0 Å². The fourth-order valence-corrected chi connectivity index (χ4v) is 12.9. The first-order valence-corrected chi connectivity index (χ1v) is 40.5. The van der Waals surface area contributed by atoms with Gasteiger partial charge in [0.15, 0.2) is 12.6 Å². The van der Waals surface area contributed by atoms with Gasteiger partial charge >= 0.3 is 0 Å². The van der Waals surface area contributed by atoms with E-state index in [-0.39, 0.29) is 18.9 Å². The molecule has 0 spiro atoms. The number of rotatable bonds is 67. The zero-order chi connectivity index (χ0) is 70.8. The molecule has 2 aliphatic heterocycles. The molecule has 14 nitrogen and oxygen atoms in total. The number of aliphatic hydroxyl groups excluding tert-OH is 8. The molecule has 568 valence electrons. The topological polar surface area (TPSA) is 228 Å². The number of ether oxygens (including phenoxy) is 4. The van der Waals surface area contributed by atoms with E-state index in [4.69, 9.17) is 18.9 Å². The van der Waals surface area contributed by atoms with Gasteiger partial charge in [-0.1, -0.05) is 342 Å². The summed E-state index contributed by atoms with van der Waals surface area (Å²) in [6.45, 7) is 2.71. The highest BCUT2D eigenvalue weighted by Gasteiger charge is 2.51. The highest BCUT2D eigenvalue weighted by atomic mass is 16.7. The molecular formula is C84H149NO13. The number of carbonyl (C=O) groups excluding carboxylic acids is 1. The molecule has 0 radical (unpaired) electrons. The molecule has 0 aliphatic carbocycles. The van der Waals surface area contributed by atoms with Crippen LogP contribution in [-0.4, -0.2) is 140 Å². The van der Waals surface area contributed by atoms with Gasteiger partial charge in [0.1, 0.15) is 48.8 Å². The maximum atomic E-state index is 13.4. The number of unbranched alkanes of at least 4 members (excludes halogenated alkanes) is 40. The summed E-state index contributed by atoms with van der Waals surface area (Å²) in [6, 6.07) is -0.937. The molecule has 0 saturated carbocycles. The Labute approximate surface area is 598 Å². The molecule has 0 bridgehead atoms. The van der Waals surface area contributed by atoms with E-state index < -0.39 is 86.8 Å². The van der Waals surface area contributed by atoms with Gasteiger partial charge in [-0.2, -0.15) is 0 Å². The van der Waals surface area contributed by atoms with Gasteiger partial charge in [-0.25, -0.2) is 0 Å². The van der Waals surface area contributed by atoms with Crippen LogP contribution in [0.5, 0.6) is 0 Å². The summed E-state index contributed by atoms with van der Waals surface area (Å²) in [4.78, 5) is 13.4. The molecule has 12 atom stereocenters. The predicted octanol–water partition coefficient (Wildman–Crippen LogP) is 18.5. The van der Waals surface area contributed by atoms with Gasteiger partial charge in [0.25, 0.3) is 0 Å². The summed E-state index contributed by atoms with van der Waals surface area (Å²) in [7, 11) is 0. The summed E-state index contributed by atoms with van der Waals surface area (Å²) in [5, 5.41) is 87.7. The van der Waals surface area contributed by atoms with Crippen molar-refractivity contribution in [2.75, 3.05) is 19.8 Å². The number of carbonyl (C=O) groups is 1. The fraction of sp³-hybridized carbons (Fsp3) is 0.798. The van der Waals surface area contributed by atoms with Crippen molar-refractivity contribution in [2.45, 2.75) is 408 Å². The van der Waals surface area contributed by atoms with Crippen LogP contribution in [0.25, 0.3) is 0 Å². The SMILES string of the molecule is CC/C=C\C/C=C\C/C=C\C/C=C\C/C=C\C/C=C\CCCCCCCCCCCCCCCCCCCCC(=O)NC(COC1OC(CO)C(OC2OC(CO)C(O)C(O)C2O)C(O)C1O)C(O)/C=C/CC/C=C/CCCCCCCCCCCCCCCCCCCCCCC. The van der Waals surface area contributed by atoms with Crippen molar-refractivity contribution in [3.05, 3.63) is 97.2 Å². The minimum Gasteiger partial charge on any atom is -0.394 e. The van der Waals surface area contributed by atoms with Crippen LogP contribution >= 0.6 is 0 Å². The van der Waals surface area contributed by atoms with E-state index in [9.17, 15) is 45.6 Å². The highest BCUT2D eigenvalue weighted by molar-refractivity contribution is 5.76. The smallest absolute Gasteiger partial charge is 0.220 e. The molecule has 2 rings (SSSR count). The summed E-state index contributed by atoms with van der Waals surface area (Å²) < 4.78 is 22.9. The molecule has 98 heavy (non-hydrogen) atoms. The summed E-state index contributed by atoms with van der Waals surface area (Å²) >= 11 is 0. The Bertz CT molecular complexity index is 2020. The van der Waals surface area contributed by atoms with Crippen LogP contribution in [0.2, 0.25) is 0 Å². The Morgan fingerprint density at radius 2 is 0.714 bits per heavy atom. The quantitative estimate of drug-likeness (QED) is 0.0204. The standard InChI is InChI=1S/C84H149NO13/c1-3-5-7-9-11-13-15-17-19-21-23-25-27-29-31-32-33-34-35-36-37-38-39-40-42-44-46-48-50-52-54-56-58-60-62-64-66-68-76(89)85-72(71-95-83-81(94)79(92)82(75(70-87)97-83)98-84-80(93)78(91)77(90)74(69-86)96-84)73(88)67-65-63-61-59-57-55-53-51-49-47-45-43-41-30-28-26-24-22-20-18-16-14-12-10-8-6-4-2/h5,7,11,13,17,19,23,25,29,31,33-34,57,59,65,67,72-75,77-84,86-88,90-94H,3-4,6,8-10,12,14-16,18,20-22,24,26-28,30,32,35-56,58,60-64,66,68-71H2,1-2H3,(H,85,89)/b7-5-,13-11-,19-17-,25-23-,31-29-,34-33-,59-57+,67-65+. The highest BCUT2D eigenvalue weighted by Crippen LogP contribution is 2.30. The molecule has 0 aromatic rings. The van der Waals surface area contributed by atoms with Crippen LogP contribution in [0.1, 0.15) is 335 Å². The van der Waals surface area contributed by atoms with E-state index in [0.717, 1.165) is 70.6 Å². The first-order valence-electron chi connectivity index (χ1n) is 40.5. The first-order chi connectivity index (χ1) is 48.1. The second-order valence-corrected chi connectivity index (χ2v) is 28.2. The molecule has 2 fully saturated rings. The van der Waals surface area contributed by atoms with Crippen molar-refractivity contribution < 1.29 is 64.6 Å². The third kappa shape index (κ3) is 49.5. The average Bonchev–Trinajstić information content (AvgIpc) is 0.793. The van der Waals surface area contributed by atoms with Gasteiger partial charge in [0, 0.05) is 6.42 Å². The Balaban J connectivity index is 1.62. The van der Waals surface area contributed by atoms with Crippen LogP contribution in [0.15, 0.2) is 97.2 Å². The molecule has 2 aliphatic rings. The van der Waals surface area contributed by atoms with Gasteiger partial charge < -0.3 is 65.1 Å². The summed E-state index contributed by atoms with van der Waals surface area (Å²) in [5.74, 6) is -0.246. The maximum absolute atomic E-state index is 13.4. The van der Waals surface area contributed by atoms with Crippen LogP contribution < -0.4 is 5.32 Å². The van der Waals surface area contributed by atoms with Gasteiger partial charge in [-0.05, 0) is 83.5 Å². The zero-order valence-electron chi connectivity index (χ0n) is 62.3. The first kappa shape index (κ1) is 91.0. The zero-order valence-corrected chi connectivity index (χ0v) is 62.3. The van der Waals surface area contributed by atoms with E-state index in [0.29, 0.717) is 12.8 Å². The lowest BCUT2D eigenvalue weighted by Crippen LogP contribution is -2.65. The number of allylic oxidation sites excluding steroid dienone is 15. The number of nitrogens with one attached hydrogen (secondary N) is 1. The third-order valence-electron chi connectivity index (χ3n) is 19.3. The lowest BCUT2D eigenvalue weighted by Gasteiger charge is -2.46. The van der Waals surface area contributed by atoms with Crippen molar-refractivity contribution in [2.24, 2.45) is 0 Å². The minimum atomic E-state index is -1.79. The van der Waals surface area contributed by atoms with Crippen LogP contribution in [0.3, 0.4) is 0 Å². The van der Waals surface area contributed by atoms with Crippen molar-refractivity contribution in [1.29, 1.82) is 0 Å². The largest absolute Gasteiger partial charge is 0.394 e. The summed E-state index contributed by atoms with van der Waals surface area (Å²) in [5.41, 5.74) is 0. The Morgan fingerprint density at radius 3 is 1.12 bits per heavy atom. The van der Waals surface area contributed by atoms with Crippen LogP contribution in [0, 0.1) is 0 Å². The van der Waals surface area contributed by atoms with E-state index in [2.05, 4.69) is 104 Å². The molecule has 0 aromatic carbocycles. The normalized spacial score (nSPS) is 22.6. The van der Waals surface area contributed by atoms with Crippen molar-refractivity contribution in [3.8, 4) is 0 Å². The Morgan fingerprint density at radius 1 is 0.378 bits per heavy atom. The number of amides is 1. The molecule has 2 saturated heterocycles. The number of aliphatic hydroxyl groups is 8. The number of hydrogen-bond donors (Lipinski definition) is 9. The molecule has 0 aromatic heterocycles. The van der Waals surface area contributed by atoms with E-state index in [1.54, 1.807) is 6.08 Å². The van der Waals surface area contributed by atoms with E-state index in [1.807, 2.05) is 6.08 Å². The Hall–Kier alpha value is -3.09. The molecule has 14 heteroatoms. The molecule has 12 unspecified atom stereocenters. The second-order valence-electron chi connectivity index (χ2n) is 28.2. The van der Waals surface area contributed by atoms with Gasteiger partial charge in [-0.15, -0.1) is 0 Å². The van der Waals surface area contributed by atoms with Crippen molar-refractivity contribution in [3.63, 3.8) is 0 Å². The van der Waals surface area contributed by atoms with Crippen molar-refractivity contribution >= 4 is 5.91 Å². The van der Waals surface area contributed by atoms with Crippen LogP contribution in [-0.2, 0) is 23.7 Å². The third-order valence-corrected chi connectivity index (χ3v) is 19.3. The Kier molecular flexibility index (Phi) is 62.3. The van der Waals surface area contributed by atoms with Gasteiger partial charge in [-0.3, -0.25) is 4.79 Å². The molecule has 9 N–H and O–H groups in total. The monoisotopic (exact) mass is 1380 g/mol. The van der Waals surface area contributed by atoms with Crippen LogP contribution in [0.4, 0.5) is 0 Å². The lowest BCUT2D eigenvalue weighted by atomic mass is 9.97. The molecule has 2 heterocycles. The molecular weight excluding hydrogens is 1230 g/mol. The van der Waals surface area contributed by atoms with Crippen molar-refractivity contribution in [1.82, 2.24) is 5.32 Å².